The summed E-state index contributed by atoms with van der Waals surface area (Å²) in [5, 5.41) is 5.72. The second-order valence-electron chi connectivity index (χ2n) is 8.24. The number of anilines is 2. The van der Waals surface area contributed by atoms with Crippen molar-refractivity contribution in [3.05, 3.63) is 54.1 Å². The first-order valence-corrected chi connectivity index (χ1v) is 12.2. The molecular formula is C23H26N4O4S. The topological polar surface area (TPSA) is 117 Å². The zero-order valence-corrected chi connectivity index (χ0v) is 18.8. The van der Waals surface area contributed by atoms with Crippen LogP contribution in [0.3, 0.4) is 0 Å². The number of amides is 2. The molecule has 2 aromatic rings. The molecular weight excluding hydrogens is 428 g/mol. The van der Waals surface area contributed by atoms with Crippen molar-refractivity contribution < 1.29 is 18.0 Å². The Bertz CT molecular complexity index is 1190. The van der Waals surface area contributed by atoms with Crippen molar-refractivity contribution in [2.24, 2.45) is 16.8 Å². The van der Waals surface area contributed by atoms with Crippen LogP contribution in [0, 0.1) is 11.8 Å². The molecule has 0 bridgehead atoms. The Morgan fingerprint density at radius 3 is 2.47 bits per heavy atom. The zero-order chi connectivity index (χ0) is 22.9. The molecule has 9 heteroatoms. The molecule has 1 saturated carbocycles. The minimum atomic E-state index is -3.69. The number of fused-ring (bicyclic) bond motifs is 1. The third-order valence-electron chi connectivity index (χ3n) is 5.73. The van der Waals surface area contributed by atoms with E-state index in [0.29, 0.717) is 23.4 Å². The van der Waals surface area contributed by atoms with Crippen LogP contribution in [0.2, 0.25) is 0 Å². The van der Waals surface area contributed by atoms with Crippen LogP contribution in [0.5, 0.6) is 0 Å². The van der Waals surface area contributed by atoms with Gasteiger partial charge in [0.05, 0.1) is 4.90 Å². The molecule has 2 aromatic carbocycles. The van der Waals surface area contributed by atoms with Crippen LogP contribution >= 0.6 is 0 Å². The lowest BCUT2D eigenvalue weighted by Gasteiger charge is -2.19. The summed E-state index contributed by atoms with van der Waals surface area (Å²) in [5.41, 5.74) is 1.60. The monoisotopic (exact) mass is 454 g/mol. The van der Waals surface area contributed by atoms with E-state index in [-0.39, 0.29) is 34.4 Å². The van der Waals surface area contributed by atoms with Gasteiger partial charge < -0.3 is 10.6 Å². The summed E-state index contributed by atoms with van der Waals surface area (Å²) in [4.78, 5) is 29.8. The maximum absolute atomic E-state index is 13.1. The Hall–Kier alpha value is -3.20. The summed E-state index contributed by atoms with van der Waals surface area (Å²) in [6, 6.07) is 12.7. The Morgan fingerprint density at radius 2 is 1.78 bits per heavy atom. The fourth-order valence-corrected chi connectivity index (χ4v) is 4.76. The number of amidine groups is 1. The Labute approximate surface area is 187 Å². The number of hydrogen-bond donors (Lipinski definition) is 3. The number of hydrogen-bond acceptors (Lipinski definition) is 5. The molecule has 3 N–H and O–H groups in total. The average Bonchev–Trinajstić information content (AvgIpc) is 3.58. The molecule has 32 heavy (non-hydrogen) atoms. The molecule has 1 aliphatic heterocycles. The van der Waals surface area contributed by atoms with Gasteiger partial charge in [-0.3, -0.25) is 19.3 Å². The van der Waals surface area contributed by atoms with Gasteiger partial charge in [0.1, 0.15) is 11.9 Å². The first-order valence-electron chi connectivity index (χ1n) is 10.7. The van der Waals surface area contributed by atoms with Crippen molar-refractivity contribution in [1.82, 2.24) is 4.72 Å². The molecule has 2 atom stereocenters. The number of nitrogens with zero attached hydrogens (tertiary/aromatic N) is 1. The third-order valence-corrected chi connectivity index (χ3v) is 7.13. The molecule has 0 unspecified atom stereocenters. The van der Waals surface area contributed by atoms with Gasteiger partial charge in [-0.15, -0.1) is 0 Å². The minimum absolute atomic E-state index is 0.00968. The zero-order valence-electron chi connectivity index (χ0n) is 18.0. The molecule has 1 heterocycles. The van der Waals surface area contributed by atoms with Crippen LogP contribution in [0.4, 0.5) is 11.4 Å². The first-order chi connectivity index (χ1) is 15.3. The maximum atomic E-state index is 13.1. The molecule has 4 rings (SSSR count). The smallest absolute Gasteiger partial charge is 0.263 e. The molecule has 1 aliphatic carbocycles. The van der Waals surface area contributed by atoms with Crippen molar-refractivity contribution in [3.8, 4) is 0 Å². The summed E-state index contributed by atoms with van der Waals surface area (Å²) in [5.74, 6) is -0.230. The normalized spacial score (nSPS) is 19.5. The van der Waals surface area contributed by atoms with E-state index in [2.05, 4.69) is 20.3 Å². The number of rotatable bonds is 7. The van der Waals surface area contributed by atoms with E-state index in [9.17, 15) is 18.0 Å². The fourth-order valence-electron chi connectivity index (χ4n) is 3.52. The number of aliphatic imine (C=N–C) groups is 1. The van der Waals surface area contributed by atoms with E-state index in [4.69, 9.17) is 0 Å². The summed E-state index contributed by atoms with van der Waals surface area (Å²) < 4.78 is 27.3. The van der Waals surface area contributed by atoms with E-state index >= 15 is 0 Å². The second-order valence-corrected chi connectivity index (χ2v) is 9.89. The highest BCUT2D eigenvalue weighted by atomic mass is 32.2. The van der Waals surface area contributed by atoms with E-state index in [0.717, 1.165) is 12.8 Å². The largest absolute Gasteiger partial charge is 0.326 e. The highest BCUT2D eigenvalue weighted by molar-refractivity contribution is 7.90. The summed E-state index contributed by atoms with van der Waals surface area (Å²) in [6.07, 6.45) is 2.50. The Kier molecular flexibility index (Phi) is 6.01. The molecule has 1 fully saturated rings. The molecule has 2 amide bonds. The lowest BCUT2D eigenvalue weighted by atomic mass is 9.98. The van der Waals surface area contributed by atoms with Crippen molar-refractivity contribution in [3.63, 3.8) is 0 Å². The molecule has 0 spiro atoms. The molecule has 0 saturated heterocycles. The van der Waals surface area contributed by atoms with Gasteiger partial charge in [-0.2, -0.15) is 0 Å². The number of sulfonamides is 1. The fraction of sp³-hybridized carbons (Fsp3) is 0.348. The highest BCUT2D eigenvalue weighted by Gasteiger charge is 2.33. The molecule has 0 aromatic heterocycles. The standard InChI is InChI=1S/C23H26N4O4S/c1-3-14(2)20(26-21-18-9-4-5-10-19(18)32(30,31)27-21)23(29)25-17-8-6-7-16(13-17)24-22(28)15-11-12-15/h4-10,13-15,20H,3,11-12H2,1-2H3,(H,24,28)(H,25,29)(H,26,27)/t14-,20-/m0/s1. The van der Waals surface area contributed by atoms with Gasteiger partial charge in [-0.05, 0) is 49.1 Å². The summed E-state index contributed by atoms with van der Waals surface area (Å²) >= 11 is 0. The third kappa shape index (κ3) is 4.67. The van der Waals surface area contributed by atoms with E-state index < -0.39 is 16.1 Å². The predicted octanol–water partition coefficient (Wildman–Crippen LogP) is 3.13. The van der Waals surface area contributed by atoms with Gasteiger partial charge in [-0.25, -0.2) is 8.42 Å². The van der Waals surface area contributed by atoms with Crippen LogP contribution in [0.1, 0.15) is 38.7 Å². The van der Waals surface area contributed by atoms with Gasteiger partial charge in [0, 0.05) is 22.9 Å². The molecule has 168 valence electrons. The van der Waals surface area contributed by atoms with Crippen molar-refractivity contribution in [2.75, 3.05) is 10.6 Å². The quantitative estimate of drug-likeness (QED) is 0.596. The molecule has 8 nitrogen and oxygen atoms in total. The van der Waals surface area contributed by atoms with E-state index in [1.54, 1.807) is 42.5 Å². The van der Waals surface area contributed by atoms with Crippen LogP contribution in [0.25, 0.3) is 0 Å². The van der Waals surface area contributed by atoms with Gasteiger partial charge in [0.15, 0.2) is 0 Å². The van der Waals surface area contributed by atoms with Gasteiger partial charge >= 0.3 is 0 Å². The SMILES string of the molecule is CC[C@H](C)[C@H](N=C1NS(=O)(=O)c2ccccc21)C(=O)Nc1cccc(NC(=O)C2CC2)c1. The number of benzene rings is 2. The minimum Gasteiger partial charge on any atom is -0.326 e. The summed E-state index contributed by atoms with van der Waals surface area (Å²) in [6.45, 7) is 3.85. The van der Waals surface area contributed by atoms with Crippen LogP contribution in [-0.2, 0) is 19.6 Å². The second kappa shape index (κ2) is 8.74. The highest BCUT2D eigenvalue weighted by Crippen LogP contribution is 2.30. The van der Waals surface area contributed by atoms with Crippen LogP contribution in [-0.4, -0.2) is 32.1 Å². The lowest BCUT2D eigenvalue weighted by Crippen LogP contribution is -2.34. The van der Waals surface area contributed by atoms with Crippen LogP contribution < -0.4 is 15.4 Å². The van der Waals surface area contributed by atoms with Gasteiger partial charge in [-0.1, -0.05) is 38.5 Å². The Morgan fingerprint density at radius 1 is 1.09 bits per heavy atom. The van der Waals surface area contributed by atoms with Crippen molar-refractivity contribution >= 4 is 39.0 Å². The summed E-state index contributed by atoms with van der Waals surface area (Å²) in [7, 11) is -3.69. The maximum Gasteiger partial charge on any atom is 0.263 e. The van der Waals surface area contributed by atoms with Gasteiger partial charge in [0.25, 0.3) is 10.0 Å². The molecule has 2 aliphatic rings. The van der Waals surface area contributed by atoms with Crippen LogP contribution in [0.15, 0.2) is 58.4 Å². The van der Waals surface area contributed by atoms with Gasteiger partial charge in [0.2, 0.25) is 11.8 Å². The molecule has 0 radical (unpaired) electrons. The number of carbonyl (C=O) groups is 2. The van der Waals surface area contributed by atoms with Crippen molar-refractivity contribution in [1.29, 1.82) is 0 Å². The number of nitrogens with one attached hydrogen (secondary N) is 3. The lowest BCUT2D eigenvalue weighted by molar-refractivity contribution is -0.118. The van der Waals surface area contributed by atoms with Crippen molar-refractivity contribution in [2.45, 2.75) is 44.0 Å². The average molecular weight is 455 g/mol. The number of carbonyl (C=O) groups excluding carboxylic acids is 2. The van der Waals surface area contributed by atoms with E-state index in [1.807, 2.05) is 13.8 Å². The van der Waals surface area contributed by atoms with E-state index in [1.165, 1.54) is 6.07 Å². The predicted molar refractivity (Wildman–Crippen MR) is 123 cm³/mol. The first kappa shape index (κ1) is 22.0. The Balaban J connectivity index is 1.56.